The molecule has 1 aromatic heterocycles. The Labute approximate surface area is 114 Å². The summed E-state index contributed by atoms with van der Waals surface area (Å²) in [4.78, 5) is 10.4. The van der Waals surface area contributed by atoms with Crippen molar-refractivity contribution in [2.24, 2.45) is 5.92 Å². The van der Waals surface area contributed by atoms with Crippen LogP contribution in [0.1, 0.15) is 32.6 Å². The van der Waals surface area contributed by atoms with E-state index in [1.165, 1.54) is 25.7 Å². The lowest BCUT2D eigenvalue weighted by molar-refractivity contribution is 0.376. The molecular weight excluding hydrogens is 236 g/mol. The average molecular weight is 258 g/mol. The van der Waals surface area contributed by atoms with Gasteiger partial charge < -0.3 is 15.6 Å². The van der Waals surface area contributed by atoms with E-state index in [4.69, 9.17) is 5.73 Å². The van der Waals surface area contributed by atoms with Crippen LogP contribution in [0.3, 0.4) is 0 Å². The van der Waals surface area contributed by atoms with Crippen LogP contribution < -0.4 is 10.6 Å². The Hall–Kier alpha value is -1.71. The zero-order chi connectivity index (χ0) is 13.2. The molecule has 0 amide bonds. The second kappa shape index (κ2) is 5.11. The smallest absolute Gasteiger partial charge is 0.203 e. The lowest BCUT2D eigenvalue weighted by Crippen LogP contribution is -2.34. The Bertz CT molecular complexity index is 552. The van der Waals surface area contributed by atoms with Crippen molar-refractivity contribution in [3.8, 4) is 0 Å². The number of nitrogen functional groups attached to an aromatic ring is 1. The molecule has 0 spiro atoms. The molecule has 2 heterocycles. The zero-order valence-corrected chi connectivity index (χ0v) is 11.5. The third-order valence-electron chi connectivity index (χ3n) is 4.10. The van der Waals surface area contributed by atoms with E-state index in [0.29, 0.717) is 0 Å². The Kier molecular flexibility index (Phi) is 3.32. The Morgan fingerprint density at radius 1 is 1.37 bits per heavy atom. The molecule has 0 saturated carbocycles. The predicted octanol–water partition coefficient (Wildman–Crippen LogP) is 3.16. The van der Waals surface area contributed by atoms with Crippen molar-refractivity contribution >= 4 is 22.7 Å². The first-order valence-electron chi connectivity index (χ1n) is 7.26. The summed E-state index contributed by atoms with van der Waals surface area (Å²) in [6.07, 6.45) is 5.24. The van der Waals surface area contributed by atoms with E-state index in [2.05, 4.69) is 21.8 Å². The van der Waals surface area contributed by atoms with E-state index >= 15 is 0 Å². The van der Waals surface area contributed by atoms with Crippen molar-refractivity contribution in [3.05, 3.63) is 18.2 Å². The Morgan fingerprint density at radius 2 is 2.16 bits per heavy atom. The van der Waals surface area contributed by atoms with Gasteiger partial charge in [0.05, 0.1) is 11.0 Å². The largest absolute Gasteiger partial charge is 0.399 e. The number of rotatable bonds is 3. The average Bonchev–Trinajstić information content (AvgIpc) is 2.83. The highest BCUT2D eigenvalue weighted by molar-refractivity contribution is 5.80. The number of nitrogens with zero attached hydrogens (tertiary/aromatic N) is 2. The summed E-state index contributed by atoms with van der Waals surface area (Å²) < 4.78 is 0. The number of piperidine rings is 1. The standard InChI is InChI=1S/C15H22N4/c1-2-3-11-6-8-19(9-7-11)15-17-13-5-4-12(16)10-14(13)18-15/h4-5,10-11H,2-3,6-9,16H2,1H3,(H,17,18). The molecule has 2 aromatic rings. The van der Waals surface area contributed by atoms with Crippen LogP contribution in [0, 0.1) is 5.92 Å². The predicted molar refractivity (Wildman–Crippen MR) is 80.4 cm³/mol. The third-order valence-corrected chi connectivity index (χ3v) is 4.10. The highest BCUT2D eigenvalue weighted by Crippen LogP contribution is 2.26. The van der Waals surface area contributed by atoms with Crippen molar-refractivity contribution in [2.45, 2.75) is 32.6 Å². The summed E-state index contributed by atoms with van der Waals surface area (Å²) in [6.45, 7) is 4.50. The molecule has 19 heavy (non-hydrogen) atoms. The van der Waals surface area contributed by atoms with Gasteiger partial charge in [0.1, 0.15) is 0 Å². The molecule has 4 nitrogen and oxygen atoms in total. The lowest BCUT2D eigenvalue weighted by Gasteiger charge is -2.31. The normalized spacial score (nSPS) is 17.2. The van der Waals surface area contributed by atoms with Gasteiger partial charge in [-0.05, 0) is 37.0 Å². The molecule has 1 saturated heterocycles. The van der Waals surface area contributed by atoms with Crippen molar-refractivity contribution < 1.29 is 0 Å². The van der Waals surface area contributed by atoms with E-state index in [1.54, 1.807) is 0 Å². The second-order valence-corrected chi connectivity index (χ2v) is 5.56. The lowest BCUT2D eigenvalue weighted by atomic mass is 9.93. The number of hydrogen-bond acceptors (Lipinski definition) is 3. The summed E-state index contributed by atoms with van der Waals surface area (Å²) >= 11 is 0. The maximum Gasteiger partial charge on any atom is 0.203 e. The van der Waals surface area contributed by atoms with Gasteiger partial charge >= 0.3 is 0 Å². The molecule has 4 heteroatoms. The molecule has 1 aliphatic rings. The van der Waals surface area contributed by atoms with Gasteiger partial charge in [-0.25, -0.2) is 4.98 Å². The van der Waals surface area contributed by atoms with Crippen LogP contribution in [0.5, 0.6) is 0 Å². The summed E-state index contributed by atoms with van der Waals surface area (Å²) in [5, 5.41) is 0. The number of H-pyrrole nitrogens is 1. The Balaban J connectivity index is 1.74. The molecule has 0 radical (unpaired) electrons. The summed E-state index contributed by atoms with van der Waals surface area (Å²) in [6, 6.07) is 5.84. The summed E-state index contributed by atoms with van der Waals surface area (Å²) in [7, 11) is 0. The van der Waals surface area contributed by atoms with Crippen LogP contribution >= 0.6 is 0 Å². The highest BCUT2D eigenvalue weighted by Gasteiger charge is 2.20. The van der Waals surface area contributed by atoms with Gasteiger partial charge in [0, 0.05) is 18.8 Å². The summed E-state index contributed by atoms with van der Waals surface area (Å²) in [5.41, 5.74) is 8.62. The first kappa shape index (κ1) is 12.3. The fraction of sp³-hybridized carbons (Fsp3) is 0.533. The number of imidazole rings is 1. The maximum absolute atomic E-state index is 5.80. The van der Waals surface area contributed by atoms with Crippen molar-refractivity contribution in [1.82, 2.24) is 9.97 Å². The zero-order valence-electron chi connectivity index (χ0n) is 11.5. The molecule has 0 bridgehead atoms. The number of benzene rings is 1. The van der Waals surface area contributed by atoms with Crippen molar-refractivity contribution in [3.63, 3.8) is 0 Å². The minimum absolute atomic E-state index is 0.782. The number of anilines is 2. The van der Waals surface area contributed by atoms with Crippen molar-refractivity contribution in [2.75, 3.05) is 23.7 Å². The fourth-order valence-electron chi connectivity index (χ4n) is 3.01. The van der Waals surface area contributed by atoms with Crippen molar-refractivity contribution in [1.29, 1.82) is 0 Å². The van der Waals surface area contributed by atoms with Crippen LogP contribution in [0.15, 0.2) is 18.2 Å². The quantitative estimate of drug-likeness (QED) is 0.831. The second-order valence-electron chi connectivity index (χ2n) is 5.56. The van der Waals surface area contributed by atoms with Gasteiger partial charge in [-0.15, -0.1) is 0 Å². The molecule has 3 rings (SSSR count). The molecule has 3 N–H and O–H groups in total. The SMILES string of the molecule is CCCC1CCN(c2nc3ccc(N)cc3[nH]2)CC1. The molecule has 0 unspecified atom stereocenters. The minimum atomic E-state index is 0.782. The monoisotopic (exact) mass is 258 g/mol. The minimum Gasteiger partial charge on any atom is -0.399 e. The van der Waals surface area contributed by atoms with Crippen LogP contribution in [0.25, 0.3) is 11.0 Å². The van der Waals surface area contributed by atoms with E-state index < -0.39 is 0 Å². The van der Waals surface area contributed by atoms with Crippen LogP contribution in [0.4, 0.5) is 11.6 Å². The van der Waals surface area contributed by atoms with Gasteiger partial charge in [0.2, 0.25) is 5.95 Å². The number of fused-ring (bicyclic) bond motifs is 1. The Morgan fingerprint density at radius 3 is 2.89 bits per heavy atom. The number of nitrogens with one attached hydrogen (secondary N) is 1. The highest BCUT2D eigenvalue weighted by atomic mass is 15.3. The molecule has 1 aromatic carbocycles. The van der Waals surface area contributed by atoms with E-state index in [-0.39, 0.29) is 0 Å². The number of nitrogens with two attached hydrogens (primary N) is 1. The van der Waals surface area contributed by atoms with E-state index in [9.17, 15) is 0 Å². The van der Waals surface area contributed by atoms with Gasteiger partial charge in [0.15, 0.2) is 0 Å². The fourth-order valence-corrected chi connectivity index (χ4v) is 3.01. The molecule has 1 aliphatic heterocycles. The van der Waals surface area contributed by atoms with Gasteiger partial charge in [-0.1, -0.05) is 19.8 Å². The van der Waals surface area contributed by atoms with E-state index in [1.807, 2.05) is 18.2 Å². The van der Waals surface area contributed by atoms with Crippen LogP contribution in [0.2, 0.25) is 0 Å². The first-order chi connectivity index (χ1) is 9.26. The molecule has 0 aliphatic carbocycles. The number of aromatic amines is 1. The van der Waals surface area contributed by atoms with Crippen LogP contribution in [-0.4, -0.2) is 23.1 Å². The topological polar surface area (TPSA) is 57.9 Å². The molecular formula is C15H22N4. The third kappa shape index (κ3) is 2.53. The molecule has 1 fully saturated rings. The van der Waals surface area contributed by atoms with Gasteiger partial charge in [-0.2, -0.15) is 0 Å². The maximum atomic E-state index is 5.80. The number of aromatic nitrogens is 2. The van der Waals surface area contributed by atoms with Crippen LogP contribution in [-0.2, 0) is 0 Å². The van der Waals surface area contributed by atoms with Gasteiger partial charge in [0.25, 0.3) is 0 Å². The summed E-state index contributed by atoms with van der Waals surface area (Å²) in [5.74, 6) is 1.90. The first-order valence-corrected chi connectivity index (χ1v) is 7.26. The molecule has 0 atom stereocenters. The number of hydrogen-bond donors (Lipinski definition) is 2. The van der Waals surface area contributed by atoms with E-state index in [0.717, 1.165) is 41.7 Å². The van der Waals surface area contributed by atoms with Gasteiger partial charge in [-0.3, -0.25) is 0 Å². The molecule has 102 valence electrons.